The molecule has 0 saturated carbocycles. The number of carbonyl (C=O) groups is 2. The number of nitrogens with zero attached hydrogens (tertiary/aromatic N) is 1. The number of rotatable bonds is 2. The predicted octanol–water partition coefficient (Wildman–Crippen LogP) is 2.52. The van der Waals surface area contributed by atoms with Crippen LogP contribution in [0.5, 0.6) is 0 Å². The van der Waals surface area contributed by atoms with Gasteiger partial charge in [-0.05, 0) is 19.7 Å². The minimum atomic E-state index is -0.0594. The molecule has 100 valence electrons. The van der Waals surface area contributed by atoms with Crippen molar-refractivity contribution in [1.29, 1.82) is 0 Å². The molecule has 0 amide bonds. The summed E-state index contributed by atoms with van der Waals surface area (Å²) < 4.78 is 0. The summed E-state index contributed by atoms with van der Waals surface area (Å²) in [5, 5.41) is 0. The third-order valence-electron chi connectivity index (χ3n) is 3.53. The minimum absolute atomic E-state index is 0.0485. The molecule has 20 heavy (non-hydrogen) atoms. The van der Waals surface area contributed by atoms with Crippen molar-refractivity contribution in [2.24, 2.45) is 0 Å². The highest BCUT2D eigenvalue weighted by Gasteiger charge is 2.30. The van der Waals surface area contributed by atoms with Gasteiger partial charge in [-0.25, -0.2) is 0 Å². The van der Waals surface area contributed by atoms with Crippen molar-refractivity contribution in [3.05, 3.63) is 70.3 Å². The van der Waals surface area contributed by atoms with Crippen molar-refractivity contribution < 1.29 is 9.59 Å². The van der Waals surface area contributed by atoms with E-state index in [1.165, 1.54) is 0 Å². The highest BCUT2D eigenvalue weighted by molar-refractivity contribution is 6.28. The molecule has 2 aromatic rings. The summed E-state index contributed by atoms with van der Waals surface area (Å²) in [6.45, 7) is 0.643. The van der Waals surface area contributed by atoms with Crippen LogP contribution in [-0.2, 0) is 6.54 Å². The Balaban J connectivity index is 2.23. The number of hydrogen-bond donors (Lipinski definition) is 0. The van der Waals surface area contributed by atoms with E-state index in [2.05, 4.69) is 0 Å². The first kappa shape index (κ1) is 12.8. The molecule has 0 fully saturated rings. The third kappa shape index (κ3) is 1.87. The number of fused-ring (bicyclic) bond motifs is 2. The Morgan fingerprint density at radius 1 is 0.800 bits per heavy atom. The lowest BCUT2D eigenvalue weighted by molar-refractivity contribution is 0.0978. The van der Waals surface area contributed by atoms with Crippen molar-refractivity contribution >= 4 is 11.6 Å². The van der Waals surface area contributed by atoms with Crippen LogP contribution in [0.3, 0.4) is 0 Å². The molecule has 2 aromatic carbocycles. The molecule has 0 heterocycles. The number of hydrogen-bond acceptors (Lipinski definition) is 3. The lowest BCUT2D eigenvalue weighted by Gasteiger charge is -2.21. The van der Waals surface area contributed by atoms with Gasteiger partial charge in [-0.15, -0.1) is 0 Å². The van der Waals surface area contributed by atoms with Gasteiger partial charge in [0.2, 0.25) is 0 Å². The zero-order valence-corrected chi connectivity index (χ0v) is 11.5. The van der Waals surface area contributed by atoms with Crippen molar-refractivity contribution in [3.8, 4) is 0 Å². The summed E-state index contributed by atoms with van der Waals surface area (Å²) in [5.74, 6) is -0.108. The Hall–Kier alpha value is -2.26. The van der Waals surface area contributed by atoms with Crippen LogP contribution in [0.25, 0.3) is 0 Å². The molecule has 0 aromatic heterocycles. The van der Waals surface area contributed by atoms with Crippen LogP contribution < -0.4 is 0 Å². The van der Waals surface area contributed by atoms with Crippen LogP contribution in [0.4, 0.5) is 0 Å². The maximum Gasteiger partial charge on any atom is 0.194 e. The lowest BCUT2D eigenvalue weighted by atomic mass is 9.82. The van der Waals surface area contributed by atoms with Crippen LogP contribution in [0.1, 0.15) is 37.4 Å². The number of benzene rings is 2. The molecule has 0 bridgehead atoms. The normalized spacial score (nSPS) is 13.3. The van der Waals surface area contributed by atoms with Crippen LogP contribution in [0, 0.1) is 0 Å². The summed E-state index contributed by atoms with van der Waals surface area (Å²) in [7, 11) is 3.89. The quantitative estimate of drug-likeness (QED) is 0.714. The summed E-state index contributed by atoms with van der Waals surface area (Å²) >= 11 is 0. The second-order valence-electron chi connectivity index (χ2n) is 5.28. The lowest BCUT2D eigenvalue weighted by Crippen LogP contribution is -2.24. The van der Waals surface area contributed by atoms with Gasteiger partial charge in [-0.2, -0.15) is 0 Å². The average Bonchev–Trinajstić information content (AvgIpc) is 2.44. The second-order valence-corrected chi connectivity index (χ2v) is 5.28. The van der Waals surface area contributed by atoms with E-state index in [9.17, 15) is 9.59 Å². The first-order valence-electron chi connectivity index (χ1n) is 6.54. The van der Waals surface area contributed by atoms with Crippen molar-refractivity contribution in [2.75, 3.05) is 14.1 Å². The highest BCUT2D eigenvalue weighted by atomic mass is 16.1. The molecule has 1 aliphatic carbocycles. The Kier molecular flexibility index (Phi) is 2.99. The maximum atomic E-state index is 12.7. The molecule has 0 N–H and O–H groups in total. The van der Waals surface area contributed by atoms with E-state index in [-0.39, 0.29) is 11.6 Å². The Bertz CT molecular complexity index is 717. The fourth-order valence-corrected chi connectivity index (χ4v) is 2.69. The van der Waals surface area contributed by atoms with Gasteiger partial charge >= 0.3 is 0 Å². The summed E-state index contributed by atoms with van der Waals surface area (Å²) in [6, 6.07) is 12.5. The Morgan fingerprint density at radius 2 is 1.40 bits per heavy atom. The van der Waals surface area contributed by atoms with E-state index in [0.29, 0.717) is 28.8 Å². The minimum Gasteiger partial charge on any atom is -0.305 e. The van der Waals surface area contributed by atoms with Gasteiger partial charge in [0.1, 0.15) is 0 Å². The number of ketones is 2. The Labute approximate surface area is 117 Å². The van der Waals surface area contributed by atoms with Crippen molar-refractivity contribution in [2.45, 2.75) is 6.54 Å². The molecule has 0 spiro atoms. The van der Waals surface area contributed by atoms with Gasteiger partial charge in [0.05, 0.1) is 0 Å². The van der Waals surface area contributed by atoms with E-state index in [1.54, 1.807) is 30.3 Å². The summed E-state index contributed by atoms with van der Waals surface area (Å²) in [6.07, 6.45) is 0. The van der Waals surface area contributed by atoms with Gasteiger partial charge < -0.3 is 4.90 Å². The zero-order chi connectivity index (χ0) is 14.3. The maximum absolute atomic E-state index is 12.7. The van der Waals surface area contributed by atoms with E-state index in [1.807, 2.05) is 31.1 Å². The Morgan fingerprint density at radius 3 is 2.05 bits per heavy atom. The molecule has 0 aliphatic heterocycles. The van der Waals surface area contributed by atoms with Gasteiger partial charge in [-0.3, -0.25) is 9.59 Å². The molecular weight excluding hydrogens is 250 g/mol. The van der Waals surface area contributed by atoms with Crippen molar-refractivity contribution in [3.63, 3.8) is 0 Å². The van der Waals surface area contributed by atoms with E-state index in [0.717, 1.165) is 5.56 Å². The molecule has 0 radical (unpaired) electrons. The SMILES string of the molecule is CN(C)Cc1cccc2c1C(=O)c1ccccc1C2=O. The molecule has 0 atom stereocenters. The fraction of sp³-hybridized carbons (Fsp3) is 0.176. The molecular formula is C17H15NO2. The average molecular weight is 265 g/mol. The number of carbonyl (C=O) groups excluding carboxylic acids is 2. The van der Waals surface area contributed by atoms with Crippen LogP contribution >= 0.6 is 0 Å². The topological polar surface area (TPSA) is 37.4 Å². The van der Waals surface area contributed by atoms with Crippen LogP contribution in [0.2, 0.25) is 0 Å². The predicted molar refractivity (Wildman–Crippen MR) is 77.1 cm³/mol. The molecule has 0 unspecified atom stereocenters. The first-order chi connectivity index (χ1) is 9.59. The van der Waals surface area contributed by atoms with E-state index in [4.69, 9.17) is 0 Å². The van der Waals surface area contributed by atoms with Crippen LogP contribution in [-0.4, -0.2) is 30.6 Å². The van der Waals surface area contributed by atoms with Crippen molar-refractivity contribution in [1.82, 2.24) is 4.90 Å². The zero-order valence-electron chi connectivity index (χ0n) is 11.5. The summed E-state index contributed by atoms with van der Waals surface area (Å²) in [5.41, 5.74) is 3.00. The third-order valence-corrected chi connectivity index (χ3v) is 3.53. The standard InChI is InChI=1S/C17H15NO2/c1-18(2)10-11-6-5-9-14-15(11)17(20)13-8-4-3-7-12(13)16(14)19/h3-9H,10H2,1-2H3. The highest BCUT2D eigenvalue weighted by Crippen LogP contribution is 2.29. The summed E-state index contributed by atoms with van der Waals surface area (Å²) in [4.78, 5) is 27.2. The second kappa shape index (κ2) is 4.69. The van der Waals surface area contributed by atoms with Gasteiger partial charge in [0.15, 0.2) is 11.6 Å². The smallest absolute Gasteiger partial charge is 0.194 e. The first-order valence-corrected chi connectivity index (χ1v) is 6.54. The van der Waals surface area contributed by atoms with Gasteiger partial charge in [-0.1, -0.05) is 42.5 Å². The molecule has 3 heteroatoms. The van der Waals surface area contributed by atoms with E-state index >= 15 is 0 Å². The molecule has 3 nitrogen and oxygen atoms in total. The van der Waals surface area contributed by atoms with Gasteiger partial charge in [0.25, 0.3) is 0 Å². The van der Waals surface area contributed by atoms with Gasteiger partial charge in [0, 0.05) is 28.8 Å². The molecule has 1 aliphatic rings. The molecule has 3 rings (SSSR count). The molecule has 0 saturated heterocycles. The largest absolute Gasteiger partial charge is 0.305 e. The monoisotopic (exact) mass is 265 g/mol. The fourth-order valence-electron chi connectivity index (χ4n) is 2.69. The van der Waals surface area contributed by atoms with E-state index < -0.39 is 0 Å². The van der Waals surface area contributed by atoms with Crippen LogP contribution in [0.15, 0.2) is 42.5 Å².